The van der Waals surface area contributed by atoms with E-state index < -0.39 is 22.0 Å². The number of pyridine rings is 1. The quantitative estimate of drug-likeness (QED) is 0.878. The number of halogens is 1. The van der Waals surface area contributed by atoms with Gasteiger partial charge in [-0.3, -0.25) is 14.0 Å². The summed E-state index contributed by atoms with van der Waals surface area (Å²) in [6.07, 6.45) is 3.33. The van der Waals surface area contributed by atoms with Gasteiger partial charge in [0.25, 0.3) is 0 Å². The van der Waals surface area contributed by atoms with Gasteiger partial charge in [0.15, 0.2) is 0 Å². The highest BCUT2D eigenvalue weighted by atomic mass is 35.5. The van der Waals surface area contributed by atoms with Crippen LogP contribution < -0.4 is 0 Å². The molecule has 0 radical (unpaired) electrons. The van der Waals surface area contributed by atoms with Crippen LogP contribution in [0.25, 0.3) is 0 Å². The average Bonchev–Trinajstić information content (AvgIpc) is 2.22. The van der Waals surface area contributed by atoms with E-state index in [2.05, 4.69) is 4.98 Å². The molecule has 0 aliphatic carbocycles. The van der Waals surface area contributed by atoms with Gasteiger partial charge in [0, 0.05) is 23.2 Å². The average molecular weight is 262 g/mol. The summed E-state index contributed by atoms with van der Waals surface area (Å²) in [5, 5.41) is 8.42. The highest BCUT2D eigenvalue weighted by molar-refractivity contribution is 7.85. The molecule has 2 atom stereocenters. The molecule has 4 nitrogen and oxygen atoms in total. The van der Waals surface area contributed by atoms with Gasteiger partial charge in [-0.15, -0.1) is 0 Å². The summed E-state index contributed by atoms with van der Waals surface area (Å²) in [7, 11) is -1.46. The third-order valence-electron chi connectivity index (χ3n) is 2.12. The fraction of sp³-hybridized carbons (Fsp3) is 0.400. The summed E-state index contributed by atoms with van der Waals surface area (Å²) in [5.74, 6) is -0.891. The molecule has 6 heteroatoms. The molecule has 1 N–H and O–H groups in total. The maximum absolute atomic E-state index is 11.8. The lowest BCUT2D eigenvalue weighted by molar-refractivity contribution is -0.136. The molecule has 1 aromatic rings. The van der Waals surface area contributed by atoms with E-state index in [1.165, 1.54) is 6.20 Å². The zero-order chi connectivity index (χ0) is 12.1. The molecule has 0 aliphatic heterocycles. The molecule has 0 aliphatic rings. The first-order valence-electron chi connectivity index (χ1n) is 4.74. The van der Waals surface area contributed by atoms with Crippen LogP contribution in [0, 0.1) is 0 Å². The Bertz CT molecular complexity index is 411. The second kappa shape index (κ2) is 5.96. The van der Waals surface area contributed by atoms with Gasteiger partial charge in [-0.2, -0.15) is 0 Å². The van der Waals surface area contributed by atoms with Gasteiger partial charge >= 0.3 is 5.97 Å². The van der Waals surface area contributed by atoms with E-state index in [9.17, 15) is 9.00 Å². The summed E-state index contributed by atoms with van der Waals surface area (Å²) in [4.78, 5) is 14.6. The number of carboxylic acids is 1. The number of carboxylic acid groups (broad SMARTS) is 1. The molecule has 0 aromatic carbocycles. The molecular weight excluding hydrogens is 250 g/mol. The maximum atomic E-state index is 11.8. The third-order valence-corrected chi connectivity index (χ3v) is 4.22. The van der Waals surface area contributed by atoms with Crippen molar-refractivity contribution < 1.29 is 14.1 Å². The summed E-state index contributed by atoms with van der Waals surface area (Å²) in [6, 6.07) is 1.65. The first-order valence-corrected chi connectivity index (χ1v) is 6.50. The van der Waals surface area contributed by atoms with Crippen LogP contribution in [0.1, 0.15) is 18.9 Å². The first kappa shape index (κ1) is 13.1. The molecule has 0 fully saturated rings. The third kappa shape index (κ3) is 3.28. The smallest absolute Gasteiger partial charge is 0.319 e. The van der Waals surface area contributed by atoms with Gasteiger partial charge < -0.3 is 5.11 Å². The van der Waals surface area contributed by atoms with E-state index in [1.54, 1.807) is 19.2 Å². The summed E-state index contributed by atoms with van der Waals surface area (Å²) in [5.41, 5.74) is 0.662. The van der Waals surface area contributed by atoms with Crippen molar-refractivity contribution in [1.82, 2.24) is 4.98 Å². The van der Waals surface area contributed by atoms with Gasteiger partial charge in [0.1, 0.15) is 5.25 Å². The molecule has 0 bridgehead atoms. The van der Waals surface area contributed by atoms with Crippen LogP contribution in [-0.4, -0.2) is 25.5 Å². The van der Waals surface area contributed by atoms with E-state index in [4.69, 9.17) is 16.7 Å². The summed E-state index contributed by atoms with van der Waals surface area (Å²) >= 11 is 5.85. The number of aromatic nitrogens is 1. The van der Waals surface area contributed by atoms with Crippen LogP contribution in [0.4, 0.5) is 0 Å². The van der Waals surface area contributed by atoms with Crippen molar-refractivity contribution in [2.75, 3.05) is 0 Å². The van der Waals surface area contributed by atoms with Crippen molar-refractivity contribution in [1.29, 1.82) is 0 Å². The predicted octanol–water partition coefficient (Wildman–Crippen LogP) is 1.85. The fourth-order valence-electron chi connectivity index (χ4n) is 1.25. The summed E-state index contributed by atoms with van der Waals surface area (Å²) in [6.45, 7) is 1.70. The van der Waals surface area contributed by atoms with E-state index in [-0.39, 0.29) is 5.75 Å². The highest BCUT2D eigenvalue weighted by Gasteiger charge is 2.23. The SMILES string of the molecule is CCC(C(=O)O)S(=O)Cc1ccncc1Cl. The number of nitrogens with zero attached hydrogens (tertiary/aromatic N) is 1. The normalized spacial score (nSPS) is 14.4. The molecule has 16 heavy (non-hydrogen) atoms. The lowest BCUT2D eigenvalue weighted by Gasteiger charge is -2.10. The van der Waals surface area contributed by atoms with Gasteiger partial charge in [0.05, 0.1) is 10.8 Å². The Hall–Kier alpha value is -0.940. The number of carbonyl (C=O) groups is 1. The van der Waals surface area contributed by atoms with Gasteiger partial charge in [-0.1, -0.05) is 18.5 Å². The van der Waals surface area contributed by atoms with Gasteiger partial charge in [-0.25, -0.2) is 0 Å². The maximum Gasteiger partial charge on any atom is 0.319 e. The van der Waals surface area contributed by atoms with Crippen molar-refractivity contribution in [3.8, 4) is 0 Å². The largest absolute Gasteiger partial charge is 0.480 e. The van der Waals surface area contributed by atoms with E-state index in [0.29, 0.717) is 17.0 Å². The number of rotatable bonds is 5. The Morgan fingerprint density at radius 3 is 2.88 bits per heavy atom. The second-order valence-corrected chi connectivity index (χ2v) is 5.25. The van der Waals surface area contributed by atoms with Crippen LogP contribution in [0.15, 0.2) is 18.5 Å². The van der Waals surface area contributed by atoms with Gasteiger partial charge in [0.2, 0.25) is 0 Å². The van der Waals surface area contributed by atoms with E-state index >= 15 is 0 Å². The molecule has 1 rings (SSSR count). The molecule has 0 saturated heterocycles. The second-order valence-electron chi connectivity index (χ2n) is 3.23. The minimum atomic E-state index is -1.46. The van der Waals surface area contributed by atoms with Crippen LogP contribution in [0.3, 0.4) is 0 Å². The van der Waals surface area contributed by atoms with Crippen molar-refractivity contribution >= 4 is 28.4 Å². The Morgan fingerprint density at radius 1 is 1.69 bits per heavy atom. The van der Waals surface area contributed by atoms with E-state index in [1.807, 2.05) is 0 Å². The zero-order valence-electron chi connectivity index (χ0n) is 8.72. The van der Waals surface area contributed by atoms with Crippen molar-refractivity contribution in [2.45, 2.75) is 24.3 Å². The fourth-order valence-corrected chi connectivity index (χ4v) is 2.87. The number of hydrogen-bond acceptors (Lipinski definition) is 3. The first-order chi connectivity index (χ1) is 7.56. The lowest BCUT2D eigenvalue weighted by atomic mass is 10.3. The molecule has 88 valence electrons. The van der Waals surface area contributed by atoms with Gasteiger partial charge in [-0.05, 0) is 18.1 Å². The molecular formula is C10H12ClNO3S. The lowest BCUT2D eigenvalue weighted by Crippen LogP contribution is -2.25. The van der Waals surface area contributed by atoms with Crippen LogP contribution in [-0.2, 0) is 21.3 Å². The topological polar surface area (TPSA) is 67.3 Å². The monoisotopic (exact) mass is 261 g/mol. The Labute approximate surface area is 101 Å². The van der Waals surface area contributed by atoms with Crippen molar-refractivity contribution in [3.05, 3.63) is 29.0 Å². The Balaban J connectivity index is 2.78. The van der Waals surface area contributed by atoms with Crippen LogP contribution >= 0.6 is 11.6 Å². The minimum Gasteiger partial charge on any atom is -0.480 e. The van der Waals surface area contributed by atoms with Crippen molar-refractivity contribution in [2.24, 2.45) is 0 Å². The molecule has 0 amide bonds. The van der Waals surface area contributed by atoms with Crippen LogP contribution in [0.2, 0.25) is 5.02 Å². The highest BCUT2D eigenvalue weighted by Crippen LogP contribution is 2.17. The zero-order valence-corrected chi connectivity index (χ0v) is 10.3. The molecule has 0 spiro atoms. The molecule has 0 saturated carbocycles. The Kier molecular flexibility index (Phi) is 4.89. The standard InChI is InChI=1S/C10H12ClNO3S/c1-2-9(10(13)14)16(15)6-7-3-4-12-5-8(7)11/h3-5,9H,2,6H2,1H3,(H,13,14). The van der Waals surface area contributed by atoms with E-state index in [0.717, 1.165) is 0 Å². The van der Waals surface area contributed by atoms with Crippen LogP contribution in [0.5, 0.6) is 0 Å². The molecule has 2 unspecified atom stereocenters. The molecule has 1 heterocycles. The number of hydrogen-bond donors (Lipinski definition) is 1. The summed E-state index contributed by atoms with van der Waals surface area (Å²) < 4.78 is 11.8. The predicted molar refractivity (Wildman–Crippen MR) is 62.8 cm³/mol. The minimum absolute atomic E-state index is 0.145. The number of aliphatic carboxylic acids is 1. The molecule has 1 aromatic heterocycles. The Morgan fingerprint density at radius 2 is 2.38 bits per heavy atom. The van der Waals surface area contributed by atoms with Crippen molar-refractivity contribution in [3.63, 3.8) is 0 Å².